The van der Waals surface area contributed by atoms with Gasteiger partial charge in [0.25, 0.3) is 5.91 Å². The highest BCUT2D eigenvalue weighted by Gasteiger charge is 2.28. The van der Waals surface area contributed by atoms with Gasteiger partial charge < -0.3 is 10.1 Å². The summed E-state index contributed by atoms with van der Waals surface area (Å²) in [6.45, 7) is 5.86. The molecule has 2 rings (SSSR count). The van der Waals surface area contributed by atoms with Crippen molar-refractivity contribution >= 4 is 11.7 Å². The van der Waals surface area contributed by atoms with Crippen LogP contribution in [-0.2, 0) is 11.2 Å². The maximum atomic E-state index is 12.4. The molecule has 0 aromatic carbocycles. The maximum absolute atomic E-state index is 12.4. The molecular weight excluding hydrogens is 399 g/mol. The molecule has 2 heterocycles. The monoisotopic (exact) mass is 423 g/mol. The van der Waals surface area contributed by atoms with Gasteiger partial charge in [-0.15, -0.1) is 0 Å². The van der Waals surface area contributed by atoms with Crippen LogP contribution in [0.3, 0.4) is 0 Å². The summed E-state index contributed by atoms with van der Waals surface area (Å²) in [6, 6.07) is 5.63. The Morgan fingerprint density at radius 3 is 2.40 bits per heavy atom. The molecule has 162 valence electrons. The van der Waals surface area contributed by atoms with Crippen LogP contribution in [0, 0.1) is 5.41 Å². The van der Waals surface area contributed by atoms with Crippen LogP contribution >= 0.6 is 0 Å². The number of alkyl halides is 3. The van der Waals surface area contributed by atoms with Gasteiger partial charge in [-0.05, 0) is 36.8 Å². The van der Waals surface area contributed by atoms with Crippen molar-refractivity contribution in [3.63, 3.8) is 0 Å². The minimum Gasteiger partial charge on any atom is -0.483 e. The van der Waals surface area contributed by atoms with Crippen LogP contribution in [0.1, 0.15) is 55.5 Å². The summed E-state index contributed by atoms with van der Waals surface area (Å²) in [4.78, 5) is 32.7. The second-order valence-corrected chi connectivity index (χ2v) is 7.91. The van der Waals surface area contributed by atoms with Crippen LogP contribution in [0.15, 0.2) is 36.7 Å². The third-order valence-corrected chi connectivity index (χ3v) is 4.24. The molecule has 1 amide bonds. The lowest BCUT2D eigenvalue weighted by Crippen LogP contribution is -2.28. The molecule has 30 heavy (non-hydrogen) atoms. The first-order valence-electron chi connectivity index (χ1n) is 9.30. The molecule has 0 aliphatic rings. The first kappa shape index (κ1) is 23.3. The van der Waals surface area contributed by atoms with Crippen LogP contribution in [0.5, 0.6) is 5.75 Å². The molecular formula is C21H24F3N3O3. The second kappa shape index (κ2) is 9.23. The zero-order valence-corrected chi connectivity index (χ0v) is 17.2. The summed E-state index contributed by atoms with van der Waals surface area (Å²) >= 11 is 0. The van der Waals surface area contributed by atoms with Crippen LogP contribution in [-0.4, -0.2) is 34.4 Å². The topological polar surface area (TPSA) is 81.2 Å². The van der Waals surface area contributed by atoms with Crippen molar-refractivity contribution in [3.8, 4) is 5.75 Å². The molecule has 0 spiro atoms. The molecule has 1 unspecified atom stereocenters. The summed E-state index contributed by atoms with van der Waals surface area (Å²) in [7, 11) is 0. The van der Waals surface area contributed by atoms with E-state index in [4.69, 9.17) is 0 Å². The molecule has 1 atom stereocenters. The van der Waals surface area contributed by atoms with Gasteiger partial charge in [0.15, 0.2) is 6.61 Å². The lowest BCUT2D eigenvalue weighted by molar-refractivity contribution is -0.153. The zero-order chi connectivity index (χ0) is 22.5. The predicted octanol–water partition coefficient (Wildman–Crippen LogP) is 4.07. The maximum Gasteiger partial charge on any atom is 0.422 e. The number of pyridine rings is 2. The number of carbonyl (C=O) groups is 2. The predicted molar refractivity (Wildman–Crippen MR) is 104 cm³/mol. The minimum atomic E-state index is -4.45. The van der Waals surface area contributed by atoms with Crippen molar-refractivity contribution in [2.45, 2.75) is 46.3 Å². The van der Waals surface area contributed by atoms with E-state index in [-0.39, 0.29) is 23.6 Å². The van der Waals surface area contributed by atoms with Gasteiger partial charge in [0, 0.05) is 23.7 Å². The van der Waals surface area contributed by atoms with Crippen LogP contribution < -0.4 is 10.1 Å². The molecule has 0 radical (unpaired) electrons. The SMILES string of the molecule is CC(NC(=O)c1ccc(OCC(F)(F)F)cn1)c1ccnc(CC(=O)C(C)(C)C)c1. The highest BCUT2D eigenvalue weighted by molar-refractivity contribution is 5.92. The van der Waals surface area contributed by atoms with Gasteiger partial charge in [-0.25, -0.2) is 4.98 Å². The third-order valence-electron chi connectivity index (χ3n) is 4.24. The van der Waals surface area contributed by atoms with Crippen LogP contribution in [0.2, 0.25) is 0 Å². The average Bonchev–Trinajstić information content (AvgIpc) is 2.65. The number of hydrogen-bond acceptors (Lipinski definition) is 5. The fourth-order valence-electron chi connectivity index (χ4n) is 2.41. The smallest absolute Gasteiger partial charge is 0.422 e. The molecule has 0 fully saturated rings. The number of halogens is 3. The molecule has 0 aliphatic carbocycles. The molecule has 2 aromatic rings. The van der Waals surface area contributed by atoms with E-state index in [9.17, 15) is 22.8 Å². The number of ether oxygens (including phenoxy) is 1. The van der Waals surface area contributed by atoms with Crippen molar-refractivity contribution in [3.05, 3.63) is 53.6 Å². The van der Waals surface area contributed by atoms with Crippen LogP contribution in [0.4, 0.5) is 13.2 Å². The van der Waals surface area contributed by atoms with E-state index in [0.717, 1.165) is 11.8 Å². The Kier molecular flexibility index (Phi) is 7.17. The molecule has 6 nitrogen and oxygen atoms in total. The van der Waals surface area contributed by atoms with Gasteiger partial charge in [-0.2, -0.15) is 13.2 Å². The third kappa shape index (κ3) is 7.13. The number of carbonyl (C=O) groups excluding carboxylic acids is 2. The normalized spacial score (nSPS) is 12.9. The van der Waals surface area contributed by atoms with Crippen molar-refractivity contribution < 1.29 is 27.5 Å². The molecule has 0 saturated carbocycles. The molecule has 0 bridgehead atoms. The Balaban J connectivity index is 2.00. The molecule has 2 aromatic heterocycles. The molecule has 0 saturated heterocycles. The lowest BCUT2D eigenvalue weighted by Gasteiger charge is -2.17. The van der Waals surface area contributed by atoms with E-state index >= 15 is 0 Å². The van der Waals surface area contributed by atoms with Crippen molar-refractivity contribution in [2.75, 3.05) is 6.61 Å². The van der Waals surface area contributed by atoms with Gasteiger partial charge in [-0.3, -0.25) is 14.6 Å². The van der Waals surface area contributed by atoms with E-state index in [1.807, 2.05) is 20.8 Å². The molecule has 1 N–H and O–H groups in total. The number of rotatable bonds is 7. The largest absolute Gasteiger partial charge is 0.483 e. The van der Waals surface area contributed by atoms with Crippen molar-refractivity contribution in [1.82, 2.24) is 15.3 Å². The number of ketones is 1. The standard InChI is InChI=1S/C21H24F3N3O3/c1-13(14-7-8-25-15(9-14)10-18(28)20(2,3)4)27-19(29)17-6-5-16(11-26-17)30-12-21(22,23)24/h5-9,11,13H,10,12H2,1-4H3,(H,27,29). The Hall–Kier alpha value is -2.97. The number of amides is 1. The van der Waals surface area contributed by atoms with Gasteiger partial charge in [0.2, 0.25) is 0 Å². The zero-order valence-electron chi connectivity index (χ0n) is 17.2. The summed E-state index contributed by atoms with van der Waals surface area (Å²) in [5, 5.41) is 2.76. The summed E-state index contributed by atoms with van der Waals surface area (Å²) < 4.78 is 41.1. The highest BCUT2D eigenvalue weighted by atomic mass is 19.4. The number of Topliss-reactive ketones (excluding diaryl/α,β-unsaturated/α-hetero) is 1. The Morgan fingerprint density at radius 1 is 1.13 bits per heavy atom. The van der Waals surface area contributed by atoms with Crippen molar-refractivity contribution in [2.24, 2.45) is 5.41 Å². The number of hydrogen-bond donors (Lipinski definition) is 1. The van der Waals surface area contributed by atoms with Gasteiger partial charge in [0.05, 0.1) is 12.2 Å². The van der Waals surface area contributed by atoms with E-state index in [0.29, 0.717) is 5.69 Å². The molecule has 9 heteroatoms. The Bertz CT molecular complexity index is 891. The summed E-state index contributed by atoms with van der Waals surface area (Å²) in [5.74, 6) is -0.519. The van der Waals surface area contributed by atoms with E-state index in [1.54, 1.807) is 25.3 Å². The average molecular weight is 423 g/mol. The van der Waals surface area contributed by atoms with E-state index < -0.39 is 30.1 Å². The number of aromatic nitrogens is 2. The highest BCUT2D eigenvalue weighted by Crippen LogP contribution is 2.20. The van der Waals surface area contributed by atoms with Gasteiger partial charge in [0.1, 0.15) is 17.2 Å². The fraction of sp³-hybridized carbons (Fsp3) is 0.429. The van der Waals surface area contributed by atoms with E-state index in [1.165, 1.54) is 12.1 Å². The Morgan fingerprint density at radius 2 is 1.83 bits per heavy atom. The minimum absolute atomic E-state index is 0.0402. The van der Waals surface area contributed by atoms with E-state index in [2.05, 4.69) is 20.0 Å². The number of nitrogens with zero attached hydrogens (tertiary/aromatic N) is 2. The van der Waals surface area contributed by atoms with Crippen LogP contribution in [0.25, 0.3) is 0 Å². The van der Waals surface area contributed by atoms with Gasteiger partial charge in [-0.1, -0.05) is 20.8 Å². The summed E-state index contributed by atoms with van der Waals surface area (Å²) in [6.07, 6.45) is -1.62. The Labute approximate surface area is 172 Å². The quantitative estimate of drug-likeness (QED) is 0.726. The van der Waals surface area contributed by atoms with Gasteiger partial charge >= 0.3 is 6.18 Å². The first-order valence-corrected chi connectivity index (χ1v) is 9.30. The first-order chi connectivity index (χ1) is 13.8. The fourth-order valence-corrected chi connectivity index (χ4v) is 2.41. The van der Waals surface area contributed by atoms with Crippen molar-refractivity contribution in [1.29, 1.82) is 0 Å². The second-order valence-electron chi connectivity index (χ2n) is 7.91. The summed E-state index contributed by atoms with van der Waals surface area (Å²) in [5.41, 5.74) is 0.940. The number of nitrogens with one attached hydrogen (secondary N) is 1. The molecule has 0 aliphatic heterocycles. The lowest BCUT2D eigenvalue weighted by atomic mass is 9.88.